The normalized spacial score (nSPS) is 18.0. The number of likely N-dealkylation sites (N-methyl/N-ethyl adjacent to an activating group) is 1. The van der Waals surface area contributed by atoms with E-state index >= 15 is 0 Å². The number of aromatic nitrogens is 3. The number of rotatable bonds is 9. The highest BCUT2D eigenvalue weighted by Crippen LogP contribution is 2.13. The molecule has 0 aliphatic carbocycles. The Labute approximate surface area is 180 Å². The summed E-state index contributed by atoms with van der Waals surface area (Å²) in [5.74, 6) is 2.69. The highest BCUT2D eigenvalue weighted by atomic mass is 127. The van der Waals surface area contributed by atoms with Gasteiger partial charge in [-0.1, -0.05) is 6.92 Å². The highest BCUT2D eigenvalue weighted by Gasteiger charge is 2.22. The van der Waals surface area contributed by atoms with Crippen LogP contribution in [-0.4, -0.2) is 71.5 Å². The van der Waals surface area contributed by atoms with Gasteiger partial charge in [-0.05, 0) is 33.7 Å². The molecule has 0 bridgehead atoms. The quantitative estimate of drug-likeness (QED) is 0.310. The molecule has 1 aromatic heterocycles. The number of aryl methyl sites for hydroxylation is 1. The minimum absolute atomic E-state index is 0. The zero-order chi connectivity index (χ0) is 18.9. The summed E-state index contributed by atoms with van der Waals surface area (Å²) in [5, 5.41) is 11.4. The molecule has 9 heteroatoms. The van der Waals surface area contributed by atoms with Gasteiger partial charge >= 0.3 is 0 Å². The Kier molecular flexibility index (Phi) is 11.2. The first kappa shape index (κ1) is 24.1. The van der Waals surface area contributed by atoms with Crippen molar-refractivity contribution in [1.29, 1.82) is 0 Å². The number of halogens is 1. The van der Waals surface area contributed by atoms with Crippen molar-refractivity contribution in [3.8, 4) is 0 Å². The SMILES string of the molecule is CCNC(=NCCN(C)C(C)CC)NC1CCc2nc(COC)nn2C1.I. The standard InChI is InChI=1S/C18H35N7O.HI/c1-6-14(3)24(4)11-10-20-18(19-7-2)21-15-8-9-17-22-16(13-26-5)23-25(17)12-15;/h14-15H,6-13H2,1-5H3,(H2,19,20,21);1H. The fraction of sp³-hybridized carbons (Fsp3) is 0.833. The van der Waals surface area contributed by atoms with Gasteiger partial charge in [0.25, 0.3) is 0 Å². The van der Waals surface area contributed by atoms with E-state index < -0.39 is 0 Å². The maximum atomic E-state index is 5.13. The topological polar surface area (TPSA) is 79.6 Å². The lowest BCUT2D eigenvalue weighted by Crippen LogP contribution is -2.47. The molecule has 2 N–H and O–H groups in total. The summed E-state index contributed by atoms with van der Waals surface area (Å²) >= 11 is 0. The van der Waals surface area contributed by atoms with Crippen LogP contribution >= 0.6 is 24.0 Å². The monoisotopic (exact) mass is 493 g/mol. The molecule has 0 amide bonds. The molecule has 1 aliphatic rings. The van der Waals surface area contributed by atoms with Crippen LogP contribution in [-0.2, 0) is 24.3 Å². The van der Waals surface area contributed by atoms with Crippen molar-refractivity contribution < 1.29 is 4.74 Å². The van der Waals surface area contributed by atoms with E-state index in [1.807, 2.05) is 4.68 Å². The number of aliphatic imine (C=N–C) groups is 1. The molecule has 1 aliphatic heterocycles. The highest BCUT2D eigenvalue weighted by molar-refractivity contribution is 14.0. The second kappa shape index (κ2) is 12.5. The molecule has 2 heterocycles. The van der Waals surface area contributed by atoms with E-state index in [1.165, 1.54) is 0 Å². The van der Waals surface area contributed by atoms with E-state index in [1.54, 1.807) is 7.11 Å². The van der Waals surface area contributed by atoms with Crippen LogP contribution in [0.5, 0.6) is 0 Å². The van der Waals surface area contributed by atoms with Gasteiger partial charge in [-0.2, -0.15) is 5.10 Å². The average Bonchev–Trinajstić information content (AvgIpc) is 3.03. The van der Waals surface area contributed by atoms with Crippen molar-refractivity contribution in [3.05, 3.63) is 11.6 Å². The predicted molar refractivity (Wildman–Crippen MR) is 120 cm³/mol. The minimum Gasteiger partial charge on any atom is -0.377 e. The molecule has 0 saturated heterocycles. The van der Waals surface area contributed by atoms with E-state index in [-0.39, 0.29) is 24.0 Å². The average molecular weight is 493 g/mol. The molecule has 0 spiro atoms. The number of guanidine groups is 1. The smallest absolute Gasteiger partial charge is 0.191 e. The van der Waals surface area contributed by atoms with Gasteiger partial charge in [0, 0.05) is 38.7 Å². The van der Waals surface area contributed by atoms with Crippen LogP contribution in [0.3, 0.4) is 0 Å². The number of nitrogens with zero attached hydrogens (tertiary/aromatic N) is 5. The number of nitrogens with one attached hydrogen (secondary N) is 2. The van der Waals surface area contributed by atoms with E-state index in [2.05, 4.69) is 53.4 Å². The lowest BCUT2D eigenvalue weighted by atomic mass is 10.1. The van der Waals surface area contributed by atoms with Gasteiger partial charge in [-0.3, -0.25) is 4.99 Å². The molecule has 8 nitrogen and oxygen atoms in total. The van der Waals surface area contributed by atoms with E-state index in [4.69, 9.17) is 9.73 Å². The Morgan fingerprint density at radius 1 is 1.44 bits per heavy atom. The van der Waals surface area contributed by atoms with Crippen molar-refractivity contribution in [3.63, 3.8) is 0 Å². The molecule has 156 valence electrons. The van der Waals surface area contributed by atoms with Gasteiger partial charge in [-0.25, -0.2) is 9.67 Å². The van der Waals surface area contributed by atoms with Crippen LogP contribution in [0.4, 0.5) is 0 Å². The molecule has 2 rings (SSSR count). The van der Waals surface area contributed by atoms with Crippen LogP contribution < -0.4 is 10.6 Å². The summed E-state index contributed by atoms with van der Waals surface area (Å²) in [7, 11) is 3.83. The molecule has 2 atom stereocenters. The Bertz CT molecular complexity index is 578. The first-order valence-corrected chi connectivity index (χ1v) is 9.73. The lowest BCUT2D eigenvalue weighted by molar-refractivity contribution is 0.177. The van der Waals surface area contributed by atoms with Gasteiger partial charge in [0.2, 0.25) is 0 Å². The fourth-order valence-electron chi connectivity index (χ4n) is 3.03. The van der Waals surface area contributed by atoms with Crippen LogP contribution in [0, 0.1) is 0 Å². The molecular weight excluding hydrogens is 457 g/mol. The number of hydrogen-bond donors (Lipinski definition) is 2. The van der Waals surface area contributed by atoms with E-state index in [0.29, 0.717) is 18.7 Å². The van der Waals surface area contributed by atoms with Crippen LogP contribution in [0.15, 0.2) is 4.99 Å². The summed E-state index contributed by atoms with van der Waals surface area (Å²) in [4.78, 5) is 11.6. The van der Waals surface area contributed by atoms with Crippen LogP contribution in [0.25, 0.3) is 0 Å². The molecule has 1 aromatic rings. The van der Waals surface area contributed by atoms with Crippen LogP contribution in [0.2, 0.25) is 0 Å². The van der Waals surface area contributed by atoms with Gasteiger partial charge in [0.15, 0.2) is 11.8 Å². The maximum Gasteiger partial charge on any atom is 0.191 e. The van der Waals surface area contributed by atoms with E-state index in [0.717, 1.165) is 63.0 Å². The van der Waals surface area contributed by atoms with E-state index in [9.17, 15) is 0 Å². The number of fused-ring (bicyclic) bond motifs is 1. The molecule has 27 heavy (non-hydrogen) atoms. The second-order valence-corrected chi connectivity index (χ2v) is 6.94. The Morgan fingerprint density at radius 3 is 2.89 bits per heavy atom. The summed E-state index contributed by atoms with van der Waals surface area (Å²) in [5.41, 5.74) is 0. The van der Waals surface area contributed by atoms with Crippen molar-refractivity contribution in [1.82, 2.24) is 30.3 Å². The Hall–Kier alpha value is -0.940. The molecule has 0 radical (unpaired) electrons. The number of hydrogen-bond acceptors (Lipinski definition) is 5. The first-order valence-electron chi connectivity index (χ1n) is 9.73. The molecule has 2 unspecified atom stereocenters. The summed E-state index contributed by atoms with van der Waals surface area (Å²) < 4.78 is 7.13. The van der Waals surface area contributed by atoms with Crippen molar-refractivity contribution in [2.45, 2.75) is 65.3 Å². The van der Waals surface area contributed by atoms with Crippen LogP contribution in [0.1, 0.15) is 45.3 Å². The van der Waals surface area contributed by atoms with Gasteiger partial charge < -0.3 is 20.3 Å². The molecule has 0 aromatic carbocycles. The predicted octanol–water partition coefficient (Wildman–Crippen LogP) is 1.64. The van der Waals surface area contributed by atoms with Crippen molar-refractivity contribution >= 4 is 29.9 Å². The fourth-order valence-corrected chi connectivity index (χ4v) is 3.03. The Balaban J connectivity index is 0.00000364. The lowest BCUT2D eigenvalue weighted by Gasteiger charge is -2.26. The first-order chi connectivity index (χ1) is 12.6. The number of methoxy groups -OCH3 is 1. The largest absolute Gasteiger partial charge is 0.377 e. The molecule has 0 fully saturated rings. The molecule has 0 saturated carbocycles. The van der Waals surface area contributed by atoms with Crippen molar-refractivity contribution in [2.24, 2.45) is 4.99 Å². The van der Waals surface area contributed by atoms with Crippen molar-refractivity contribution in [2.75, 3.05) is 33.8 Å². The number of ether oxygens (including phenoxy) is 1. The second-order valence-electron chi connectivity index (χ2n) is 6.94. The molecular formula is C18H36IN7O. The summed E-state index contributed by atoms with van der Waals surface area (Å²) in [6.45, 7) is 10.4. The summed E-state index contributed by atoms with van der Waals surface area (Å²) in [6.07, 6.45) is 3.11. The third kappa shape index (κ3) is 7.53. The zero-order valence-electron chi connectivity index (χ0n) is 17.4. The van der Waals surface area contributed by atoms with Gasteiger partial charge in [0.1, 0.15) is 12.4 Å². The van der Waals surface area contributed by atoms with Gasteiger partial charge in [-0.15, -0.1) is 24.0 Å². The Morgan fingerprint density at radius 2 is 2.22 bits per heavy atom. The third-order valence-corrected chi connectivity index (χ3v) is 4.93. The zero-order valence-corrected chi connectivity index (χ0v) is 19.7. The maximum absolute atomic E-state index is 5.13. The van der Waals surface area contributed by atoms with Gasteiger partial charge in [0.05, 0.1) is 13.1 Å². The third-order valence-electron chi connectivity index (χ3n) is 4.93. The minimum atomic E-state index is 0. The summed E-state index contributed by atoms with van der Waals surface area (Å²) in [6, 6.07) is 0.899.